The van der Waals surface area contributed by atoms with Gasteiger partial charge in [0, 0.05) is 37.3 Å². The SMILES string of the molecule is CCc1nc2ccc(Cl)cn2c1C(=O)NCc1ccc(N2CCSCC2)c(F)c1. The zero-order valence-corrected chi connectivity index (χ0v) is 17.7. The number of benzene rings is 1. The first kappa shape index (κ1) is 20.0. The van der Waals surface area contributed by atoms with Gasteiger partial charge in [0.25, 0.3) is 5.91 Å². The minimum absolute atomic E-state index is 0.239. The maximum Gasteiger partial charge on any atom is 0.270 e. The Morgan fingerprint density at radius 3 is 2.79 bits per heavy atom. The molecule has 0 saturated carbocycles. The van der Waals surface area contributed by atoms with Crippen molar-refractivity contribution >= 4 is 40.6 Å². The molecule has 1 amide bonds. The van der Waals surface area contributed by atoms with Gasteiger partial charge >= 0.3 is 0 Å². The average molecular weight is 433 g/mol. The Morgan fingerprint density at radius 2 is 2.07 bits per heavy atom. The minimum Gasteiger partial charge on any atom is -0.368 e. The highest BCUT2D eigenvalue weighted by atomic mass is 35.5. The van der Waals surface area contributed by atoms with E-state index >= 15 is 0 Å². The predicted molar refractivity (Wildman–Crippen MR) is 117 cm³/mol. The number of hydrogen-bond donors (Lipinski definition) is 1. The number of rotatable bonds is 5. The fraction of sp³-hybridized carbons (Fsp3) is 0.333. The third-order valence-electron chi connectivity index (χ3n) is 5.02. The van der Waals surface area contributed by atoms with Crippen LogP contribution in [0.3, 0.4) is 0 Å². The summed E-state index contributed by atoms with van der Waals surface area (Å²) in [4.78, 5) is 19.4. The van der Waals surface area contributed by atoms with Crippen LogP contribution in [0, 0.1) is 5.82 Å². The Bertz CT molecular complexity index is 1050. The Morgan fingerprint density at radius 1 is 1.28 bits per heavy atom. The molecule has 1 aromatic carbocycles. The summed E-state index contributed by atoms with van der Waals surface area (Å²) in [6.45, 7) is 3.90. The van der Waals surface area contributed by atoms with Crippen LogP contribution in [-0.4, -0.2) is 39.9 Å². The van der Waals surface area contributed by atoms with Crippen LogP contribution in [0.5, 0.6) is 0 Å². The lowest BCUT2D eigenvalue weighted by Crippen LogP contribution is -2.33. The number of fused-ring (bicyclic) bond motifs is 1. The third kappa shape index (κ3) is 4.21. The van der Waals surface area contributed by atoms with E-state index in [1.54, 1.807) is 28.8 Å². The van der Waals surface area contributed by atoms with E-state index in [4.69, 9.17) is 11.6 Å². The van der Waals surface area contributed by atoms with Crippen molar-refractivity contribution < 1.29 is 9.18 Å². The molecular formula is C21H22ClFN4OS. The van der Waals surface area contributed by atoms with Crippen molar-refractivity contribution in [3.63, 3.8) is 0 Å². The number of carbonyl (C=O) groups is 1. The molecule has 152 valence electrons. The molecule has 1 saturated heterocycles. The van der Waals surface area contributed by atoms with Crippen LogP contribution in [0.4, 0.5) is 10.1 Å². The molecule has 0 spiro atoms. The lowest BCUT2D eigenvalue weighted by Gasteiger charge is -2.29. The maximum atomic E-state index is 14.6. The zero-order valence-electron chi connectivity index (χ0n) is 16.1. The summed E-state index contributed by atoms with van der Waals surface area (Å²) in [5, 5.41) is 3.42. The molecule has 0 bridgehead atoms. The van der Waals surface area contributed by atoms with Gasteiger partial charge in [0.1, 0.15) is 17.2 Å². The summed E-state index contributed by atoms with van der Waals surface area (Å²) in [6.07, 6.45) is 2.31. The molecule has 3 aromatic rings. The molecule has 3 heterocycles. The number of aryl methyl sites for hydroxylation is 1. The number of amides is 1. The molecule has 29 heavy (non-hydrogen) atoms. The molecule has 4 rings (SSSR count). The predicted octanol–water partition coefficient (Wildman–Crippen LogP) is 4.17. The average Bonchev–Trinajstić information content (AvgIpc) is 3.10. The molecular weight excluding hydrogens is 411 g/mol. The highest BCUT2D eigenvalue weighted by Gasteiger charge is 2.19. The summed E-state index contributed by atoms with van der Waals surface area (Å²) in [6, 6.07) is 8.70. The molecule has 0 atom stereocenters. The third-order valence-corrected chi connectivity index (χ3v) is 6.19. The first-order valence-electron chi connectivity index (χ1n) is 9.62. The lowest BCUT2D eigenvalue weighted by atomic mass is 10.1. The van der Waals surface area contributed by atoms with E-state index in [-0.39, 0.29) is 18.3 Å². The van der Waals surface area contributed by atoms with E-state index in [0.717, 1.165) is 30.2 Å². The molecule has 1 aliphatic heterocycles. The minimum atomic E-state index is -0.255. The standard InChI is InChI=1S/C21H22ClFN4OS/c1-2-17-20(27-13-15(22)4-6-19(27)25-17)21(28)24-12-14-3-5-18(16(23)11-14)26-7-9-29-10-8-26/h3-6,11,13H,2,7-10,12H2,1H3,(H,24,28). The summed E-state index contributed by atoms with van der Waals surface area (Å²) in [5.41, 5.74) is 3.19. The Labute approximate surface area is 178 Å². The van der Waals surface area contributed by atoms with Crippen molar-refractivity contribution in [1.82, 2.24) is 14.7 Å². The van der Waals surface area contributed by atoms with Crippen molar-refractivity contribution in [3.8, 4) is 0 Å². The van der Waals surface area contributed by atoms with E-state index in [1.807, 2.05) is 24.8 Å². The van der Waals surface area contributed by atoms with Gasteiger partial charge in [-0.3, -0.25) is 9.20 Å². The summed E-state index contributed by atoms with van der Waals surface area (Å²) >= 11 is 7.98. The fourth-order valence-corrected chi connectivity index (χ4v) is 4.61. The number of anilines is 1. The molecule has 0 unspecified atom stereocenters. The number of carbonyl (C=O) groups excluding carboxylic acids is 1. The van der Waals surface area contributed by atoms with Crippen LogP contribution in [0.25, 0.3) is 5.65 Å². The Hall–Kier alpha value is -2.25. The summed E-state index contributed by atoms with van der Waals surface area (Å²) in [5.74, 6) is 1.52. The summed E-state index contributed by atoms with van der Waals surface area (Å²) in [7, 11) is 0. The van der Waals surface area contributed by atoms with E-state index in [1.165, 1.54) is 6.07 Å². The van der Waals surface area contributed by atoms with Gasteiger partial charge in [-0.15, -0.1) is 0 Å². The number of thioether (sulfide) groups is 1. The molecule has 8 heteroatoms. The van der Waals surface area contributed by atoms with Crippen LogP contribution in [-0.2, 0) is 13.0 Å². The Balaban J connectivity index is 1.51. The second-order valence-electron chi connectivity index (χ2n) is 6.90. The van der Waals surface area contributed by atoms with Crippen LogP contribution in [0.1, 0.15) is 28.7 Å². The molecule has 1 fully saturated rings. The quantitative estimate of drug-likeness (QED) is 0.657. The number of halogens is 2. The number of aromatic nitrogens is 2. The molecule has 0 radical (unpaired) electrons. The van der Waals surface area contributed by atoms with E-state index in [2.05, 4.69) is 15.2 Å². The van der Waals surface area contributed by atoms with Crippen molar-refractivity contribution in [1.29, 1.82) is 0 Å². The second-order valence-corrected chi connectivity index (χ2v) is 8.57. The number of nitrogens with one attached hydrogen (secondary N) is 1. The van der Waals surface area contributed by atoms with Crippen LogP contribution in [0.15, 0.2) is 36.5 Å². The van der Waals surface area contributed by atoms with Crippen LogP contribution >= 0.6 is 23.4 Å². The van der Waals surface area contributed by atoms with Gasteiger partial charge in [-0.05, 0) is 36.2 Å². The normalized spacial score (nSPS) is 14.4. The van der Waals surface area contributed by atoms with E-state index in [0.29, 0.717) is 34.2 Å². The fourth-order valence-electron chi connectivity index (χ4n) is 3.54. The first-order chi connectivity index (χ1) is 14.1. The van der Waals surface area contributed by atoms with Crippen LogP contribution < -0.4 is 10.2 Å². The van der Waals surface area contributed by atoms with Gasteiger partial charge in [-0.2, -0.15) is 11.8 Å². The van der Waals surface area contributed by atoms with Crippen molar-refractivity contribution in [3.05, 3.63) is 64.3 Å². The smallest absolute Gasteiger partial charge is 0.270 e. The van der Waals surface area contributed by atoms with Gasteiger partial charge in [0.15, 0.2) is 0 Å². The van der Waals surface area contributed by atoms with Crippen LogP contribution in [0.2, 0.25) is 5.02 Å². The van der Waals surface area contributed by atoms with Gasteiger partial charge < -0.3 is 10.2 Å². The highest BCUT2D eigenvalue weighted by molar-refractivity contribution is 7.99. The number of pyridine rings is 1. The van der Waals surface area contributed by atoms with Gasteiger partial charge in [-0.25, -0.2) is 9.37 Å². The zero-order chi connectivity index (χ0) is 20.4. The molecule has 2 aromatic heterocycles. The molecule has 1 aliphatic rings. The van der Waals surface area contributed by atoms with E-state index in [9.17, 15) is 9.18 Å². The van der Waals surface area contributed by atoms with Gasteiger partial charge in [0.2, 0.25) is 0 Å². The second kappa shape index (κ2) is 8.63. The Kier molecular flexibility index (Phi) is 5.96. The monoisotopic (exact) mass is 432 g/mol. The molecule has 1 N–H and O–H groups in total. The molecule has 0 aliphatic carbocycles. The van der Waals surface area contributed by atoms with Crippen molar-refractivity contribution in [2.75, 3.05) is 29.5 Å². The first-order valence-corrected chi connectivity index (χ1v) is 11.2. The van der Waals surface area contributed by atoms with Crippen molar-refractivity contribution in [2.24, 2.45) is 0 Å². The topological polar surface area (TPSA) is 49.6 Å². The van der Waals surface area contributed by atoms with Crippen molar-refractivity contribution in [2.45, 2.75) is 19.9 Å². The highest BCUT2D eigenvalue weighted by Crippen LogP contribution is 2.24. The number of imidazole rings is 1. The van der Waals surface area contributed by atoms with E-state index < -0.39 is 0 Å². The largest absolute Gasteiger partial charge is 0.368 e. The maximum absolute atomic E-state index is 14.6. The lowest BCUT2D eigenvalue weighted by molar-refractivity contribution is 0.0944. The number of hydrogen-bond acceptors (Lipinski definition) is 4. The molecule has 5 nitrogen and oxygen atoms in total. The van der Waals surface area contributed by atoms with Gasteiger partial charge in [0.05, 0.1) is 16.4 Å². The number of nitrogens with zero attached hydrogens (tertiary/aromatic N) is 3. The van der Waals surface area contributed by atoms with Gasteiger partial charge in [-0.1, -0.05) is 24.6 Å². The summed E-state index contributed by atoms with van der Waals surface area (Å²) < 4.78 is 16.3.